The molecule has 4 nitrogen and oxygen atoms in total. The molecule has 1 amide bonds. The lowest BCUT2D eigenvalue weighted by molar-refractivity contribution is -0.121. The zero-order valence-corrected chi connectivity index (χ0v) is 13.2. The van der Waals surface area contributed by atoms with Crippen molar-refractivity contribution < 1.29 is 9.90 Å². The number of rotatable bonds is 5. The minimum Gasteiger partial charge on any atom is -0.394 e. The summed E-state index contributed by atoms with van der Waals surface area (Å²) in [5.41, 5.74) is 2.70. The molecule has 118 valence electrons. The van der Waals surface area contributed by atoms with Crippen LogP contribution in [0.15, 0.2) is 54.7 Å². The number of aliphatic hydroxyl groups excluding tert-OH is 1. The van der Waals surface area contributed by atoms with E-state index in [0.717, 1.165) is 22.0 Å². The molecule has 23 heavy (non-hydrogen) atoms. The number of hydrogen-bond acceptors (Lipinski definition) is 2. The maximum absolute atomic E-state index is 12.3. The Kier molecular flexibility index (Phi) is 4.65. The first-order valence-electron chi connectivity index (χ1n) is 7.38. The van der Waals surface area contributed by atoms with Gasteiger partial charge in [-0.1, -0.05) is 41.9 Å². The van der Waals surface area contributed by atoms with Crippen molar-refractivity contribution in [1.29, 1.82) is 0 Å². The standard InChI is InChI=1S/C18H17ClN2O2/c19-14-6-7-16-15(9-14)13(10-20-16)8-18(23)21-17(11-22)12-4-2-1-3-5-12/h1-7,9-10,17,20,22H,8,11H2,(H,21,23)/t17-/m1/s1. The van der Waals surface area contributed by atoms with Gasteiger partial charge in [0.25, 0.3) is 0 Å². The van der Waals surface area contributed by atoms with Crippen LogP contribution >= 0.6 is 11.6 Å². The zero-order chi connectivity index (χ0) is 16.2. The normalized spacial score (nSPS) is 12.3. The van der Waals surface area contributed by atoms with Crippen LogP contribution in [0.1, 0.15) is 17.2 Å². The van der Waals surface area contributed by atoms with Crippen molar-refractivity contribution in [2.45, 2.75) is 12.5 Å². The molecule has 1 atom stereocenters. The van der Waals surface area contributed by atoms with Crippen molar-refractivity contribution in [2.75, 3.05) is 6.61 Å². The predicted molar refractivity (Wildman–Crippen MR) is 91.4 cm³/mol. The maximum Gasteiger partial charge on any atom is 0.225 e. The third-order valence-electron chi connectivity index (χ3n) is 3.80. The molecule has 0 spiro atoms. The van der Waals surface area contributed by atoms with Gasteiger partial charge in [0.2, 0.25) is 5.91 Å². The van der Waals surface area contributed by atoms with E-state index in [2.05, 4.69) is 10.3 Å². The van der Waals surface area contributed by atoms with Gasteiger partial charge >= 0.3 is 0 Å². The van der Waals surface area contributed by atoms with E-state index < -0.39 is 6.04 Å². The minimum atomic E-state index is -0.405. The number of hydrogen-bond donors (Lipinski definition) is 3. The summed E-state index contributed by atoms with van der Waals surface area (Å²) < 4.78 is 0. The average Bonchev–Trinajstić information content (AvgIpc) is 2.95. The van der Waals surface area contributed by atoms with Crippen LogP contribution in [0.25, 0.3) is 10.9 Å². The molecule has 3 aromatic rings. The average molecular weight is 329 g/mol. The van der Waals surface area contributed by atoms with Crippen molar-refractivity contribution in [2.24, 2.45) is 0 Å². The molecule has 0 radical (unpaired) electrons. The second-order valence-corrected chi connectivity index (χ2v) is 5.83. The number of aliphatic hydroxyl groups is 1. The summed E-state index contributed by atoms with van der Waals surface area (Å²) in [5, 5.41) is 14.0. The summed E-state index contributed by atoms with van der Waals surface area (Å²) in [6, 6.07) is 14.6. The van der Waals surface area contributed by atoms with Crippen molar-refractivity contribution in [1.82, 2.24) is 10.3 Å². The Bertz CT molecular complexity index is 814. The number of H-pyrrole nitrogens is 1. The smallest absolute Gasteiger partial charge is 0.225 e. The molecule has 0 aliphatic heterocycles. The van der Waals surface area contributed by atoms with Gasteiger partial charge < -0.3 is 15.4 Å². The fourth-order valence-electron chi connectivity index (χ4n) is 2.63. The molecule has 0 unspecified atom stereocenters. The number of carbonyl (C=O) groups is 1. The molecule has 1 aromatic heterocycles. The van der Waals surface area contributed by atoms with Gasteiger partial charge in [0, 0.05) is 22.1 Å². The molecule has 0 fully saturated rings. The van der Waals surface area contributed by atoms with E-state index in [9.17, 15) is 9.90 Å². The fourth-order valence-corrected chi connectivity index (χ4v) is 2.81. The van der Waals surface area contributed by atoms with E-state index in [-0.39, 0.29) is 18.9 Å². The summed E-state index contributed by atoms with van der Waals surface area (Å²) in [4.78, 5) is 15.4. The van der Waals surface area contributed by atoms with Crippen LogP contribution in [0.2, 0.25) is 5.02 Å². The Hall–Kier alpha value is -2.30. The molecule has 0 aliphatic rings. The number of aromatic nitrogens is 1. The zero-order valence-electron chi connectivity index (χ0n) is 12.4. The van der Waals surface area contributed by atoms with E-state index in [1.807, 2.05) is 48.7 Å². The molecule has 0 saturated carbocycles. The van der Waals surface area contributed by atoms with E-state index >= 15 is 0 Å². The predicted octanol–water partition coefficient (Wildman–Crippen LogP) is 3.21. The first-order chi connectivity index (χ1) is 11.2. The molecule has 5 heteroatoms. The van der Waals surface area contributed by atoms with Gasteiger partial charge in [-0.25, -0.2) is 0 Å². The van der Waals surface area contributed by atoms with Crippen molar-refractivity contribution >= 4 is 28.4 Å². The second-order valence-electron chi connectivity index (χ2n) is 5.39. The Morgan fingerprint density at radius 3 is 2.74 bits per heavy atom. The Morgan fingerprint density at radius 2 is 2.00 bits per heavy atom. The van der Waals surface area contributed by atoms with Gasteiger partial charge in [-0.2, -0.15) is 0 Å². The number of benzene rings is 2. The number of aromatic amines is 1. The van der Waals surface area contributed by atoms with Crippen LogP contribution in [-0.2, 0) is 11.2 Å². The highest BCUT2D eigenvalue weighted by molar-refractivity contribution is 6.31. The first kappa shape index (κ1) is 15.6. The highest BCUT2D eigenvalue weighted by Crippen LogP contribution is 2.23. The highest BCUT2D eigenvalue weighted by Gasteiger charge is 2.15. The summed E-state index contributed by atoms with van der Waals surface area (Å²) in [7, 11) is 0. The molecule has 3 rings (SSSR count). The Labute approximate surface area is 139 Å². The monoisotopic (exact) mass is 328 g/mol. The van der Waals surface area contributed by atoms with Crippen molar-refractivity contribution in [3.8, 4) is 0 Å². The van der Waals surface area contributed by atoms with E-state index in [0.29, 0.717) is 5.02 Å². The van der Waals surface area contributed by atoms with Crippen LogP contribution < -0.4 is 5.32 Å². The van der Waals surface area contributed by atoms with E-state index in [4.69, 9.17) is 11.6 Å². The number of fused-ring (bicyclic) bond motifs is 1. The topological polar surface area (TPSA) is 65.1 Å². The number of amides is 1. The first-order valence-corrected chi connectivity index (χ1v) is 7.76. The highest BCUT2D eigenvalue weighted by atomic mass is 35.5. The van der Waals surface area contributed by atoms with Crippen LogP contribution in [-0.4, -0.2) is 22.6 Å². The van der Waals surface area contributed by atoms with Crippen LogP contribution in [0.4, 0.5) is 0 Å². The van der Waals surface area contributed by atoms with Crippen LogP contribution in [0, 0.1) is 0 Å². The van der Waals surface area contributed by atoms with Gasteiger partial charge in [0.15, 0.2) is 0 Å². The Morgan fingerprint density at radius 1 is 1.22 bits per heavy atom. The van der Waals surface area contributed by atoms with E-state index in [1.54, 1.807) is 6.07 Å². The van der Waals surface area contributed by atoms with Gasteiger partial charge in [0.1, 0.15) is 0 Å². The molecule has 0 bridgehead atoms. The third kappa shape index (κ3) is 3.55. The van der Waals surface area contributed by atoms with Crippen molar-refractivity contribution in [3.05, 3.63) is 70.9 Å². The molecule has 2 aromatic carbocycles. The van der Waals surface area contributed by atoms with Gasteiger partial charge in [-0.05, 0) is 29.3 Å². The molecule has 0 aliphatic carbocycles. The third-order valence-corrected chi connectivity index (χ3v) is 4.04. The Balaban J connectivity index is 1.74. The van der Waals surface area contributed by atoms with Crippen LogP contribution in [0.5, 0.6) is 0 Å². The minimum absolute atomic E-state index is 0.143. The van der Waals surface area contributed by atoms with E-state index in [1.165, 1.54) is 0 Å². The summed E-state index contributed by atoms with van der Waals surface area (Å²) in [6.45, 7) is -0.143. The molecule has 3 N–H and O–H groups in total. The van der Waals surface area contributed by atoms with Gasteiger partial charge in [-0.15, -0.1) is 0 Å². The SMILES string of the molecule is O=C(Cc1c[nH]c2ccc(Cl)cc12)N[C@H](CO)c1ccccc1. The molecular weight excluding hydrogens is 312 g/mol. The van der Waals surface area contributed by atoms with Crippen LogP contribution in [0.3, 0.4) is 0 Å². The second kappa shape index (κ2) is 6.86. The summed E-state index contributed by atoms with van der Waals surface area (Å²) >= 11 is 6.02. The maximum atomic E-state index is 12.3. The number of carbonyl (C=O) groups excluding carboxylic acids is 1. The number of halogens is 1. The molecule has 0 saturated heterocycles. The summed E-state index contributed by atoms with van der Waals surface area (Å²) in [5.74, 6) is -0.145. The lowest BCUT2D eigenvalue weighted by atomic mass is 10.1. The van der Waals surface area contributed by atoms with Gasteiger partial charge in [0.05, 0.1) is 19.1 Å². The molecule has 1 heterocycles. The largest absolute Gasteiger partial charge is 0.394 e. The van der Waals surface area contributed by atoms with Crippen molar-refractivity contribution in [3.63, 3.8) is 0 Å². The lowest BCUT2D eigenvalue weighted by Gasteiger charge is -2.16. The van der Waals surface area contributed by atoms with Gasteiger partial charge in [-0.3, -0.25) is 4.79 Å². The molecular formula is C18H17ClN2O2. The fraction of sp³-hybridized carbons (Fsp3) is 0.167. The lowest BCUT2D eigenvalue weighted by Crippen LogP contribution is -2.31. The quantitative estimate of drug-likeness (QED) is 0.673. The number of nitrogens with one attached hydrogen (secondary N) is 2. The summed E-state index contributed by atoms with van der Waals surface area (Å²) in [6.07, 6.45) is 2.04.